The molecule has 19 heavy (non-hydrogen) atoms. The molecule has 0 bridgehead atoms. The molecule has 1 fully saturated rings. The van der Waals surface area contributed by atoms with Crippen molar-refractivity contribution in [2.45, 2.75) is 19.4 Å². The number of rotatable bonds is 4. The number of fused-ring (bicyclic) bond motifs is 1. The summed E-state index contributed by atoms with van der Waals surface area (Å²) in [6.07, 6.45) is 2.72. The van der Waals surface area contributed by atoms with Crippen molar-refractivity contribution < 1.29 is 0 Å². The van der Waals surface area contributed by atoms with E-state index in [0.717, 1.165) is 30.3 Å². The largest absolute Gasteiger partial charge is 0.330 e. The molecule has 3 rings (SSSR count). The van der Waals surface area contributed by atoms with Crippen molar-refractivity contribution in [2.24, 2.45) is 13.0 Å². The van der Waals surface area contributed by atoms with E-state index >= 15 is 0 Å². The molecule has 0 atom stereocenters. The molecule has 2 aromatic rings. The van der Waals surface area contributed by atoms with Crippen LogP contribution in [0.3, 0.4) is 0 Å². The zero-order chi connectivity index (χ0) is 13.1. The van der Waals surface area contributed by atoms with E-state index < -0.39 is 0 Å². The second-order valence-corrected chi connectivity index (χ2v) is 6.49. The normalized spacial score (nSPS) is 17.1. The van der Waals surface area contributed by atoms with Crippen molar-refractivity contribution in [3.63, 3.8) is 0 Å². The Balaban J connectivity index is 1.60. The van der Waals surface area contributed by atoms with Crippen molar-refractivity contribution in [3.05, 3.63) is 30.1 Å². The molecule has 4 heteroatoms. The van der Waals surface area contributed by atoms with Crippen LogP contribution in [0.5, 0.6) is 0 Å². The minimum Gasteiger partial charge on any atom is -0.330 e. The van der Waals surface area contributed by atoms with E-state index in [2.05, 4.69) is 46.9 Å². The second-order valence-electron chi connectivity index (χ2n) is 5.26. The maximum absolute atomic E-state index is 4.69. The fourth-order valence-corrected chi connectivity index (χ4v) is 3.90. The summed E-state index contributed by atoms with van der Waals surface area (Å²) in [4.78, 5) is 4.69. The molecule has 1 aromatic heterocycles. The van der Waals surface area contributed by atoms with E-state index in [1.807, 2.05) is 6.07 Å². The fourth-order valence-electron chi connectivity index (χ4n) is 2.69. The van der Waals surface area contributed by atoms with E-state index in [9.17, 15) is 0 Å². The van der Waals surface area contributed by atoms with E-state index in [0.29, 0.717) is 0 Å². The lowest BCUT2D eigenvalue weighted by Gasteiger charge is -2.21. The molecular formula is C15H21N3S. The van der Waals surface area contributed by atoms with Crippen LogP contribution < -0.4 is 5.32 Å². The highest BCUT2D eigenvalue weighted by molar-refractivity contribution is 7.99. The zero-order valence-corrected chi connectivity index (χ0v) is 12.2. The first-order valence-corrected chi connectivity index (χ1v) is 8.19. The van der Waals surface area contributed by atoms with Crippen LogP contribution >= 0.6 is 11.8 Å². The van der Waals surface area contributed by atoms with E-state index in [4.69, 9.17) is 4.98 Å². The molecule has 1 N–H and O–H groups in total. The van der Waals surface area contributed by atoms with Crippen LogP contribution in [0.15, 0.2) is 24.3 Å². The van der Waals surface area contributed by atoms with Gasteiger partial charge in [0, 0.05) is 7.05 Å². The highest BCUT2D eigenvalue weighted by Crippen LogP contribution is 2.22. The van der Waals surface area contributed by atoms with Gasteiger partial charge in [0.25, 0.3) is 0 Å². The highest BCUT2D eigenvalue weighted by atomic mass is 32.2. The molecule has 1 aliphatic heterocycles. The lowest BCUT2D eigenvalue weighted by molar-refractivity contribution is 0.442. The van der Waals surface area contributed by atoms with Crippen molar-refractivity contribution in [2.75, 3.05) is 18.1 Å². The lowest BCUT2D eigenvalue weighted by Crippen LogP contribution is -2.26. The van der Waals surface area contributed by atoms with Gasteiger partial charge in [0.15, 0.2) is 0 Å². The number of imidazole rings is 1. The van der Waals surface area contributed by atoms with Gasteiger partial charge in [0.1, 0.15) is 5.82 Å². The van der Waals surface area contributed by atoms with Crippen LogP contribution in [-0.2, 0) is 13.6 Å². The standard InChI is InChI=1S/C15H21N3S/c1-18-14-5-3-2-4-13(14)17-15(18)11-16-10-12-6-8-19-9-7-12/h2-5,12,16H,6-11H2,1H3. The Morgan fingerprint density at radius 3 is 2.89 bits per heavy atom. The van der Waals surface area contributed by atoms with Gasteiger partial charge in [0.2, 0.25) is 0 Å². The molecule has 0 radical (unpaired) electrons. The monoisotopic (exact) mass is 275 g/mol. The summed E-state index contributed by atoms with van der Waals surface area (Å²) in [5.74, 6) is 4.65. The summed E-state index contributed by atoms with van der Waals surface area (Å²) in [6, 6.07) is 8.33. The van der Waals surface area contributed by atoms with Gasteiger partial charge in [-0.25, -0.2) is 4.98 Å². The summed E-state index contributed by atoms with van der Waals surface area (Å²) in [5.41, 5.74) is 2.31. The number of nitrogens with one attached hydrogen (secondary N) is 1. The third-order valence-corrected chi connectivity index (χ3v) is 4.99. The van der Waals surface area contributed by atoms with E-state index in [1.54, 1.807) is 0 Å². The predicted molar refractivity (Wildman–Crippen MR) is 82.5 cm³/mol. The third kappa shape index (κ3) is 2.95. The first kappa shape index (κ1) is 13.0. The summed E-state index contributed by atoms with van der Waals surface area (Å²) in [7, 11) is 2.10. The molecule has 1 aliphatic rings. The van der Waals surface area contributed by atoms with Gasteiger partial charge in [-0.2, -0.15) is 11.8 Å². The fraction of sp³-hybridized carbons (Fsp3) is 0.533. The van der Waals surface area contributed by atoms with Crippen molar-refractivity contribution in [1.29, 1.82) is 0 Å². The maximum atomic E-state index is 4.69. The molecule has 0 unspecified atom stereocenters. The molecule has 102 valence electrons. The Bertz CT molecular complexity index is 543. The zero-order valence-electron chi connectivity index (χ0n) is 11.4. The molecule has 1 saturated heterocycles. The minimum absolute atomic E-state index is 0.857. The average Bonchev–Trinajstić information content (AvgIpc) is 2.78. The molecule has 3 nitrogen and oxygen atoms in total. The molecule has 0 amide bonds. The van der Waals surface area contributed by atoms with Gasteiger partial charge in [-0.05, 0) is 48.9 Å². The summed E-state index contributed by atoms with van der Waals surface area (Å²) in [5, 5.41) is 3.58. The first-order valence-electron chi connectivity index (χ1n) is 7.03. The van der Waals surface area contributed by atoms with Gasteiger partial charge < -0.3 is 9.88 Å². The van der Waals surface area contributed by atoms with Gasteiger partial charge >= 0.3 is 0 Å². The average molecular weight is 275 g/mol. The smallest absolute Gasteiger partial charge is 0.123 e. The van der Waals surface area contributed by atoms with Crippen molar-refractivity contribution >= 4 is 22.8 Å². The number of aromatic nitrogens is 2. The SMILES string of the molecule is Cn1c(CNCC2CCSCC2)nc2ccccc21. The molecule has 0 aliphatic carbocycles. The molecular weight excluding hydrogens is 254 g/mol. The number of nitrogens with zero attached hydrogens (tertiary/aromatic N) is 2. The van der Waals surface area contributed by atoms with Crippen LogP contribution in [0.2, 0.25) is 0 Å². The molecule has 1 aromatic carbocycles. The van der Waals surface area contributed by atoms with E-state index in [-0.39, 0.29) is 0 Å². The van der Waals surface area contributed by atoms with Gasteiger partial charge in [-0.1, -0.05) is 12.1 Å². The number of hydrogen-bond acceptors (Lipinski definition) is 3. The van der Waals surface area contributed by atoms with E-state index in [1.165, 1.54) is 29.9 Å². The minimum atomic E-state index is 0.857. The van der Waals surface area contributed by atoms with Gasteiger partial charge in [-0.15, -0.1) is 0 Å². The Morgan fingerprint density at radius 2 is 2.11 bits per heavy atom. The second kappa shape index (κ2) is 5.97. The van der Waals surface area contributed by atoms with Crippen LogP contribution in [0, 0.1) is 5.92 Å². The third-order valence-electron chi connectivity index (χ3n) is 3.94. The highest BCUT2D eigenvalue weighted by Gasteiger charge is 2.13. The summed E-state index contributed by atoms with van der Waals surface area (Å²) in [6.45, 7) is 2.00. The topological polar surface area (TPSA) is 29.9 Å². The van der Waals surface area contributed by atoms with Crippen molar-refractivity contribution in [3.8, 4) is 0 Å². The quantitative estimate of drug-likeness (QED) is 0.930. The Morgan fingerprint density at radius 1 is 1.32 bits per heavy atom. The van der Waals surface area contributed by atoms with Gasteiger partial charge in [0.05, 0.1) is 17.6 Å². The predicted octanol–water partition coefficient (Wildman–Crippen LogP) is 2.81. The number of aryl methyl sites for hydroxylation is 1. The summed E-state index contributed by atoms with van der Waals surface area (Å²) >= 11 is 2.09. The van der Waals surface area contributed by atoms with Crippen molar-refractivity contribution in [1.82, 2.24) is 14.9 Å². The molecule has 2 heterocycles. The lowest BCUT2D eigenvalue weighted by atomic mass is 10.0. The number of para-hydroxylation sites is 2. The van der Waals surface area contributed by atoms with Crippen LogP contribution in [-0.4, -0.2) is 27.6 Å². The molecule has 0 spiro atoms. The number of thioether (sulfide) groups is 1. The maximum Gasteiger partial charge on any atom is 0.123 e. The Kier molecular flexibility index (Phi) is 4.09. The van der Waals surface area contributed by atoms with Crippen LogP contribution in [0.4, 0.5) is 0 Å². The van der Waals surface area contributed by atoms with Crippen LogP contribution in [0.1, 0.15) is 18.7 Å². The first-order chi connectivity index (χ1) is 9.34. The van der Waals surface area contributed by atoms with Gasteiger partial charge in [-0.3, -0.25) is 0 Å². The number of benzene rings is 1. The van der Waals surface area contributed by atoms with Crippen LogP contribution in [0.25, 0.3) is 11.0 Å². The number of hydrogen-bond donors (Lipinski definition) is 1. The Hall–Kier alpha value is -1.00. The molecule has 0 saturated carbocycles. The summed E-state index contributed by atoms with van der Waals surface area (Å²) < 4.78 is 2.19. The Labute approximate surface area is 118 Å².